The van der Waals surface area contributed by atoms with Crippen LogP contribution in [-0.2, 0) is 11.3 Å². The lowest BCUT2D eigenvalue weighted by Gasteiger charge is -2.31. The average Bonchev–Trinajstić information content (AvgIpc) is 3.48. The van der Waals surface area contributed by atoms with Gasteiger partial charge in [0.1, 0.15) is 23.7 Å². The maximum Gasteiger partial charge on any atom is 0.339 e. The Balaban J connectivity index is 1.21. The fourth-order valence-electron chi connectivity index (χ4n) is 5.30. The second-order valence-electron chi connectivity index (χ2n) is 9.30. The van der Waals surface area contributed by atoms with Gasteiger partial charge in [-0.3, -0.25) is 4.90 Å². The predicted molar refractivity (Wildman–Crippen MR) is 128 cm³/mol. The van der Waals surface area contributed by atoms with E-state index in [0.29, 0.717) is 18.3 Å². The number of halogens is 1. The Morgan fingerprint density at radius 3 is 2.74 bits per heavy atom. The maximum atomic E-state index is 14.0. The number of rotatable bonds is 8. The van der Waals surface area contributed by atoms with Crippen LogP contribution in [-0.4, -0.2) is 59.5 Å². The van der Waals surface area contributed by atoms with E-state index in [1.54, 1.807) is 36.4 Å². The first kappa shape index (κ1) is 22.9. The fraction of sp³-hybridized carbons (Fsp3) is 0.444. The molecule has 0 radical (unpaired) electrons. The number of benzene rings is 2. The third-order valence-corrected chi connectivity index (χ3v) is 7.11. The molecule has 2 aliphatic heterocycles. The number of ether oxygens (including phenoxy) is 2. The Kier molecular flexibility index (Phi) is 6.83. The van der Waals surface area contributed by atoms with Crippen LogP contribution in [0.4, 0.5) is 4.39 Å². The lowest BCUT2D eigenvalue weighted by atomic mass is 9.89. The summed E-state index contributed by atoms with van der Waals surface area (Å²) in [5.74, 6) is -0.334. The Hall–Kier alpha value is -2.90. The van der Waals surface area contributed by atoms with E-state index in [4.69, 9.17) is 9.47 Å². The van der Waals surface area contributed by atoms with Gasteiger partial charge in [-0.2, -0.15) is 0 Å². The number of aromatic nitrogens is 1. The van der Waals surface area contributed by atoms with Crippen molar-refractivity contribution in [1.82, 2.24) is 9.47 Å². The molecule has 1 atom stereocenters. The van der Waals surface area contributed by atoms with Gasteiger partial charge in [0.15, 0.2) is 0 Å². The van der Waals surface area contributed by atoms with Gasteiger partial charge >= 0.3 is 5.97 Å². The van der Waals surface area contributed by atoms with Gasteiger partial charge in [-0.05, 0) is 80.6 Å². The summed E-state index contributed by atoms with van der Waals surface area (Å²) in [6.07, 6.45) is 6.64. The summed E-state index contributed by atoms with van der Waals surface area (Å²) in [6.45, 7) is 4.70. The van der Waals surface area contributed by atoms with Gasteiger partial charge in [-0.15, -0.1) is 0 Å². The van der Waals surface area contributed by atoms with Gasteiger partial charge < -0.3 is 19.1 Å². The van der Waals surface area contributed by atoms with Crippen LogP contribution in [0.3, 0.4) is 0 Å². The molecule has 2 fully saturated rings. The minimum Gasteiger partial charge on any atom is -0.491 e. The van der Waals surface area contributed by atoms with E-state index < -0.39 is 5.97 Å². The van der Waals surface area contributed by atoms with Crippen LogP contribution in [0.15, 0.2) is 48.7 Å². The fourth-order valence-corrected chi connectivity index (χ4v) is 5.30. The molecule has 2 aliphatic rings. The highest BCUT2D eigenvalue weighted by atomic mass is 19.1. The SMILES string of the molecule is O=C(O)c1ccccc1OCCN1CCC(c2cn(CC3CCCO3)c3cc(F)ccc23)CC1. The Labute approximate surface area is 198 Å². The normalized spacial score (nSPS) is 19.6. The van der Waals surface area contributed by atoms with Crippen molar-refractivity contribution in [3.05, 3.63) is 65.6 Å². The largest absolute Gasteiger partial charge is 0.491 e. The second-order valence-corrected chi connectivity index (χ2v) is 9.30. The van der Waals surface area contributed by atoms with Crippen molar-refractivity contribution < 1.29 is 23.8 Å². The number of fused-ring (bicyclic) bond motifs is 1. The first-order valence-corrected chi connectivity index (χ1v) is 12.2. The number of para-hydroxylation sites is 1. The molecular formula is C27H31FN2O4. The summed E-state index contributed by atoms with van der Waals surface area (Å²) in [6, 6.07) is 11.9. The number of likely N-dealkylation sites (tertiary alicyclic amines) is 1. The zero-order chi connectivity index (χ0) is 23.5. The topological polar surface area (TPSA) is 63.9 Å². The molecule has 0 spiro atoms. The molecule has 180 valence electrons. The van der Waals surface area contributed by atoms with E-state index in [-0.39, 0.29) is 17.5 Å². The number of hydrogen-bond acceptors (Lipinski definition) is 4. The second kappa shape index (κ2) is 10.2. The molecule has 0 bridgehead atoms. The van der Waals surface area contributed by atoms with Crippen LogP contribution in [0.2, 0.25) is 0 Å². The smallest absolute Gasteiger partial charge is 0.339 e. The van der Waals surface area contributed by atoms with E-state index in [1.807, 2.05) is 6.07 Å². The molecule has 34 heavy (non-hydrogen) atoms. The Morgan fingerprint density at radius 2 is 1.97 bits per heavy atom. The molecule has 1 aromatic heterocycles. The Morgan fingerprint density at radius 1 is 1.15 bits per heavy atom. The summed E-state index contributed by atoms with van der Waals surface area (Å²) >= 11 is 0. The number of carboxylic acid groups (broad SMARTS) is 1. The number of aromatic carboxylic acids is 1. The van der Waals surface area contributed by atoms with Crippen molar-refractivity contribution in [2.75, 3.05) is 32.8 Å². The Bertz CT molecular complexity index is 1150. The van der Waals surface area contributed by atoms with Crippen LogP contribution in [0, 0.1) is 5.82 Å². The molecule has 3 aromatic rings. The van der Waals surface area contributed by atoms with Crippen LogP contribution < -0.4 is 4.74 Å². The van der Waals surface area contributed by atoms with Crippen molar-refractivity contribution in [1.29, 1.82) is 0 Å². The molecule has 1 unspecified atom stereocenters. The van der Waals surface area contributed by atoms with Crippen molar-refractivity contribution in [3.63, 3.8) is 0 Å². The van der Waals surface area contributed by atoms with Gasteiger partial charge in [0, 0.05) is 31.3 Å². The van der Waals surface area contributed by atoms with E-state index >= 15 is 0 Å². The van der Waals surface area contributed by atoms with Gasteiger partial charge in [-0.25, -0.2) is 9.18 Å². The third-order valence-electron chi connectivity index (χ3n) is 7.11. The highest BCUT2D eigenvalue weighted by Gasteiger charge is 2.25. The van der Waals surface area contributed by atoms with Crippen LogP contribution in [0.5, 0.6) is 5.75 Å². The number of nitrogens with zero attached hydrogens (tertiary/aromatic N) is 2. The molecule has 5 rings (SSSR count). The average molecular weight is 467 g/mol. The lowest BCUT2D eigenvalue weighted by molar-refractivity contribution is 0.0691. The highest BCUT2D eigenvalue weighted by Crippen LogP contribution is 2.35. The van der Waals surface area contributed by atoms with E-state index in [1.165, 1.54) is 5.56 Å². The quantitative estimate of drug-likeness (QED) is 0.511. The maximum absolute atomic E-state index is 14.0. The summed E-state index contributed by atoms with van der Waals surface area (Å²) < 4.78 is 27.8. The first-order valence-electron chi connectivity index (χ1n) is 12.2. The van der Waals surface area contributed by atoms with Crippen molar-refractivity contribution >= 4 is 16.9 Å². The molecule has 1 N–H and O–H groups in total. The van der Waals surface area contributed by atoms with Crippen LogP contribution >= 0.6 is 0 Å². The molecule has 0 amide bonds. The molecule has 6 nitrogen and oxygen atoms in total. The number of hydrogen-bond donors (Lipinski definition) is 1. The minimum atomic E-state index is -0.977. The van der Waals surface area contributed by atoms with Crippen molar-refractivity contribution in [2.24, 2.45) is 0 Å². The molecule has 3 heterocycles. The molecule has 2 aromatic carbocycles. The van der Waals surface area contributed by atoms with E-state index in [2.05, 4.69) is 15.7 Å². The van der Waals surface area contributed by atoms with E-state index in [0.717, 1.165) is 69.4 Å². The van der Waals surface area contributed by atoms with Crippen molar-refractivity contribution in [3.8, 4) is 5.75 Å². The van der Waals surface area contributed by atoms with Gasteiger partial charge in [0.2, 0.25) is 0 Å². The zero-order valence-electron chi connectivity index (χ0n) is 19.3. The highest BCUT2D eigenvalue weighted by molar-refractivity contribution is 5.90. The van der Waals surface area contributed by atoms with Gasteiger partial charge in [-0.1, -0.05) is 12.1 Å². The standard InChI is InChI=1S/C27H31FN2O4/c28-20-7-8-22-24(18-30(25(22)16-20)17-21-4-3-14-33-21)19-9-11-29(12-10-19)13-15-34-26-6-2-1-5-23(26)27(31)32/h1-2,5-8,16,18-19,21H,3-4,9-15,17H2,(H,31,32). The monoisotopic (exact) mass is 466 g/mol. The molecule has 0 saturated carbocycles. The molecule has 7 heteroatoms. The number of piperidine rings is 1. The molecule has 2 saturated heterocycles. The number of carbonyl (C=O) groups is 1. The zero-order valence-corrected chi connectivity index (χ0v) is 19.3. The summed E-state index contributed by atoms with van der Waals surface area (Å²) in [4.78, 5) is 13.7. The van der Waals surface area contributed by atoms with Crippen molar-refractivity contribution in [2.45, 2.75) is 44.2 Å². The number of carboxylic acids is 1. The van der Waals surface area contributed by atoms with Gasteiger partial charge in [0.25, 0.3) is 0 Å². The first-order chi connectivity index (χ1) is 16.6. The molecular weight excluding hydrogens is 435 g/mol. The van der Waals surface area contributed by atoms with E-state index in [9.17, 15) is 14.3 Å². The lowest BCUT2D eigenvalue weighted by Crippen LogP contribution is -2.35. The van der Waals surface area contributed by atoms with Crippen LogP contribution in [0.1, 0.15) is 47.5 Å². The predicted octanol–water partition coefficient (Wildman–Crippen LogP) is 4.92. The molecule has 0 aliphatic carbocycles. The van der Waals surface area contributed by atoms with Crippen LogP contribution in [0.25, 0.3) is 10.9 Å². The third kappa shape index (κ3) is 4.95. The summed E-state index contributed by atoms with van der Waals surface area (Å²) in [7, 11) is 0. The minimum absolute atomic E-state index is 0.192. The summed E-state index contributed by atoms with van der Waals surface area (Å²) in [5, 5.41) is 10.4. The summed E-state index contributed by atoms with van der Waals surface area (Å²) in [5.41, 5.74) is 2.45. The van der Waals surface area contributed by atoms with Gasteiger partial charge in [0.05, 0.1) is 11.6 Å².